The molecular weight excluding hydrogens is 414 g/mol. The van der Waals surface area contributed by atoms with Crippen LogP contribution in [0.3, 0.4) is 0 Å². The SMILES string of the molecule is C[C@H](Sc1ccccc1)C(=O)N/N=C\c1ccc(OCc2ccc([N+](=O)[O-])cc2)cc1. The summed E-state index contributed by atoms with van der Waals surface area (Å²) in [5, 5.41) is 14.4. The van der Waals surface area contributed by atoms with Crippen molar-refractivity contribution in [1.29, 1.82) is 0 Å². The van der Waals surface area contributed by atoms with Crippen LogP contribution < -0.4 is 10.2 Å². The number of rotatable bonds is 9. The first kappa shape index (κ1) is 22.0. The van der Waals surface area contributed by atoms with Crippen molar-refractivity contribution < 1.29 is 14.5 Å². The van der Waals surface area contributed by atoms with Gasteiger partial charge in [-0.3, -0.25) is 14.9 Å². The number of hydrazone groups is 1. The van der Waals surface area contributed by atoms with Crippen LogP contribution in [0.25, 0.3) is 0 Å². The molecule has 8 heteroatoms. The highest BCUT2D eigenvalue weighted by molar-refractivity contribution is 8.00. The van der Waals surface area contributed by atoms with Gasteiger partial charge in [-0.25, -0.2) is 5.43 Å². The van der Waals surface area contributed by atoms with E-state index in [1.165, 1.54) is 23.9 Å². The van der Waals surface area contributed by atoms with Crippen molar-refractivity contribution in [2.75, 3.05) is 0 Å². The van der Waals surface area contributed by atoms with Gasteiger partial charge >= 0.3 is 0 Å². The lowest BCUT2D eigenvalue weighted by molar-refractivity contribution is -0.384. The second-order valence-electron chi connectivity index (χ2n) is 6.59. The third-order valence-corrected chi connectivity index (χ3v) is 5.36. The minimum atomic E-state index is -0.434. The molecular formula is C23H21N3O4S. The largest absolute Gasteiger partial charge is 0.489 e. The Kier molecular flexibility index (Phi) is 7.78. The fraction of sp³-hybridized carbons (Fsp3) is 0.130. The van der Waals surface area contributed by atoms with Gasteiger partial charge in [0, 0.05) is 17.0 Å². The monoisotopic (exact) mass is 435 g/mol. The molecule has 0 heterocycles. The molecule has 0 aromatic heterocycles. The molecule has 31 heavy (non-hydrogen) atoms. The lowest BCUT2D eigenvalue weighted by Gasteiger charge is -2.09. The Morgan fingerprint density at radius 2 is 1.77 bits per heavy atom. The predicted molar refractivity (Wildman–Crippen MR) is 121 cm³/mol. The van der Waals surface area contributed by atoms with Gasteiger partial charge in [-0.2, -0.15) is 5.10 Å². The molecule has 0 fully saturated rings. The minimum Gasteiger partial charge on any atom is -0.489 e. The number of hydrogen-bond acceptors (Lipinski definition) is 6. The number of carbonyl (C=O) groups is 1. The molecule has 1 amide bonds. The summed E-state index contributed by atoms with van der Waals surface area (Å²) < 4.78 is 5.69. The quantitative estimate of drug-likeness (QED) is 0.225. The number of hydrogen-bond donors (Lipinski definition) is 1. The summed E-state index contributed by atoms with van der Waals surface area (Å²) in [7, 11) is 0. The maximum atomic E-state index is 12.2. The Labute approximate surface area is 184 Å². The number of carbonyl (C=O) groups excluding carboxylic acids is 1. The van der Waals surface area contributed by atoms with E-state index in [-0.39, 0.29) is 16.8 Å². The molecule has 158 valence electrons. The number of nitrogens with one attached hydrogen (secondary N) is 1. The zero-order valence-electron chi connectivity index (χ0n) is 16.8. The first-order valence-electron chi connectivity index (χ1n) is 9.52. The van der Waals surface area contributed by atoms with Crippen LogP contribution in [-0.2, 0) is 11.4 Å². The smallest absolute Gasteiger partial charge is 0.269 e. The van der Waals surface area contributed by atoms with Crippen molar-refractivity contribution in [2.45, 2.75) is 23.7 Å². The Morgan fingerprint density at radius 1 is 1.10 bits per heavy atom. The van der Waals surface area contributed by atoms with Gasteiger partial charge in [0.15, 0.2) is 0 Å². The normalized spacial score (nSPS) is 11.8. The van der Waals surface area contributed by atoms with Gasteiger partial charge in [-0.1, -0.05) is 18.2 Å². The Balaban J connectivity index is 1.45. The Bertz CT molecular complexity index is 1040. The van der Waals surface area contributed by atoms with Crippen molar-refractivity contribution in [1.82, 2.24) is 5.43 Å². The molecule has 0 spiro atoms. The van der Waals surface area contributed by atoms with E-state index in [9.17, 15) is 14.9 Å². The lowest BCUT2D eigenvalue weighted by Crippen LogP contribution is -2.26. The van der Waals surface area contributed by atoms with Crippen molar-refractivity contribution >= 4 is 29.6 Å². The topological polar surface area (TPSA) is 93.8 Å². The van der Waals surface area contributed by atoms with E-state index >= 15 is 0 Å². The summed E-state index contributed by atoms with van der Waals surface area (Å²) in [6.07, 6.45) is 1.57. The van der Waals surface area contributed by atoms with Crippen LogP contribution in [-0.4, -0.2) is 22.3 Å². The van der Waals surface area contributed by atoms with E-state index in [4.69, 9.17) is 4.74 Å². The average molecular weight is 436 g/mol. The van der Waals surface area contributed by atoms with Crippen molar-refractivity contribution in [3.8, 4) is 5.75 Å². The van der Waals surface area contributed by atoms with E-state index in [0.717, 1.165) is 16.0 Å². The predicted octanol–water partition coefficient (Wildman–Crippen LogP) is 4.80. The molecule has 0 bridgehead atoms. The maximum absolute atomic E-state index is 12.2. The molecule has 0 saturated carbocycles. The van der Waals surface area contributed by atoms with Gasteiger partial charge in [-0.05, 0) is 66.6 Å². The van der Waals surface area contributed by atoms with Gasteiger partial charge < -0.3 is 4.74 Å². The third-order valence-electron chi connectivity index (χ3n) is 4.25. The number of ether oxygens (including phenoxy) is 1. The second kappa shape index (κ2) is 10.9. The summed E-state index contributed by atoms with van der Waals surface area (Å²) in [4.78, 5) is 23.4. The highest BCUT2D eigenvalue weighted by Crippen LogP contribution is 2.22. The Morgan fingerprint density at radius 3 is 2.42 bits per heavy atom. The third kappa shape index (κ3) is 6.97. The molecule has 7 nitrogen and oxygen atoms in total. The second-order valence-corrected chi connectivity index (χ2v) is 8.00. The maximum Gasteiger partial charge on any atom is 0.269 e. The molecule has 1 N–H and O–H groups in total. The van der Waals surface area contributed by atoms with E-state index in [2.05, 4.69) is 10.5 Å². The molecule has 3 aromatic carbocycles. The number of amides is 1. The zero-order chi connectivity index (χ0) is 22.1. The highest BCUT2D eigenvalue weighted by Gasteiger charge is 2.13. The molecule has 1 atom stereocenters. The summed E-state index contributed by atoms with van der Waals surface area (Å²) in [6, 6.07) is 23.2. The van der Waals surface area contributed by atoms with Crippen molar-refractivity contribution in [2.24, 2.45) is 5.10 Å². The number of thioether (sulfide) groups is 1. The molecule has 0 saturated heterocycles. The summed E-state index contributed by atoms with van der Waals surface area (Å²) >= 11 is 1.47. The summed E-state index contributed by atoms with van der Waals surface area (Å²) in [5.41, 5.74) is 4.25. The van der Waals surface area contributed by atoms with Crippen LogP contribution >= 0.6 is 11.8 Å². The minimum absolute atomic E-state index is 0.0486. The van der Waals surface area contributed by atoms with Crippen LogP contribution in [0.1, 0.15) is 18.1 Å². The first-order valence-corrected chi connectivity index (χ1v) is 10.4. The van der Waals surface area contributed by atoms with Gasteiger partial charge in [0.2, 0.25) is 0 Å². The molecule has 0 aliphatic rings. The van der Waals surface area contributed by atoms with Crippen LogP contribution in [0.2, 0.25) is 0 Å². The standard InChI is InChI=1S/C23H21N3O4S/c1-17(31-22-5-3-2-4-6-22)23(27)25-24-15-18-9-13-21(14-10-18)30-16-19-7-11-20(12-8-19)26(28)29/h2-15,17H,16H2,1H3,(H,25,27)/b24-15-/t17-/m0/s1. The molecule has 0 aliphatic carbocycles. The van der Waals surface area contributed by atoms with Crippen LogP contribution in [0, 0.1) is 10.1 Å². The van der Waals surface area contributed by atoms with Crippen LogP contribution in [0.15, 0.2) is 88.9 Å². The van der Waals surface area contributed by atoms with E-state index in [0.29, 0.717) is 12.4 Å². The summed E-state index contributed by atoms with van der Waals surface area (Å²) in [6.45, 7) is 2.14. The number of benzene rings is 3. The van der Waals surface area contributed by atoms with E-state index < -0.39 is 4.92 Å². The molecule has 3 rings (SSSR count). The van der Waals surface area contributed by atoms with Gasteiger partial charge in [0.25, 0.3) is 11.6 Å². The van der Waals surface area contributed by atoms with Gasteiger partial charge in [0.1, 0.15) is 12.4 Å². The first-order chi connectivity index (χ1) is 15.0. The summed E-state index contributed by atoms with van der Waals surface area (Å²) in [5.74, 6) is 0.487. The highest BCUT2D eigenvalue weighted by atomic mass is 32.2. The fourth-order valence-electron chi connectivity index (χ4n) is 2.55. The number of nitrogens with zero attached hydrogens (tertiary/aromatic N) is 2. The Hall–Kier alpha value is -3.65. The molecule has 0 radical (unpaired) electrons. The molecule has 0 unspecified atom stereocenters. The van der Waals surface area contributed by atoms with Gasteiger partial charge in [0.05, 0.1) is 16.4 Å². The van der Waals surface area contributed by atoms with E-state index in [1.807, 2.05) is 49.4 Å². The molecule has 3 aromatic rings. The number of non-ortho nitro benzene ring substituents is 1. The molecule has 0 aliphatic heterocycles. The lowest BCUT2D eigenvalue weighted by atomic mass is 10.2. The average Bonchev–Trinajstić information content (AvgIpc) is 2.79. The van der Waals surface area contributed by atoms with Crippen LogP contribution in [0.4, 0.5) is 5.69 Å². The van der Waals surface area contributed by atoms with Crippen molar-refractivity contribution in [3.63, 3.8) is 0 Å². The zero-order valence-corrected chi connectivity index (χ0v) is 17.6. The number of nitro benzene ring substituents is 1. The number of nitro groups is 1. The van der Waals surface area contributed by atoms with Crippen molar-refractivity contribution in [3.05, 3.63) is 100 Å². The fourth-order valence-corrected chi connectivity index (χ4v) is 3.43. The van der Waals surface area contributed by atoms with E-state index in [1.54, 1.807) is 30.5 Å². The van der Waals surface area contributed by atoms with Gasteiger partial charge in [-0.15, -0.1) is 11.8 Å². The van der Waals surface area contributed by atoms with Crippen LogP contribution in [0.5, 0.6) is 5.75 Å².